The topological polar surface area (TPSA) is 80.3 Å². The zero-order valence-electron chi connectivity index (χ0n) is 21.8. The van der Waals surface area contributed by atoms with E-state index < -0.39 is 33.9 Å². The molecule has 0 bridgehead atoms. The van der Waals surface area contributed by atoms with E-state index >= 15 is 0 Å². The summed E-state index contributed by atoms with van der Waals surface area (Å²) in [6, 6.07) is 6.15. The largest absolute Gasteiger partial charge is 0.870 e. The lowest BCUT2D eigenvalue weighted by Gasteiger charge is -2.33. The molecule has 0 amide bonds. The maximum atomic E-state index is 12.6. The number of allylic oxidation sites excluding steroid dienone is 6. The molecular formula is C30H36O4-2. The summed E-state index contributed by atoms with van der Waals surface area (Å²) in [5.74, 6) is -2.54. The van der Waals surface area contributed by atoms with E-state index in [1.807, 2.05) is 59.8 Å². The summed E-state index contributed by atoms with van der Waals surface area (Å²) in [5, 5.41) is 25.2. The number of Topliss-reactive ketones (excluding diaryl/α,β-unsaturated/α-hetero) is 2. The van der Waals surface area contributed by atoms with Gasteiger partial charge in [-0.25, -0.2) is 0 Å². The van der Waals surface area contributed by atoms with Gasteiger partial charge in [-0.3, -0.25) is 9.59 Å². The van der Waals surface area contributed by atoms with Crippen LogP contribution in [-0.4, -0.2) is 11.6 Å². The average Bonchev–Trinajstić information content (AvgIpc) is 2.69. The van der Waals surface area contributed by atoms with E-state index in [0.29, 0.717) is 11.1 Å². The Morgan fingerprint density at radius 3 is 1.21 bits per heavy atom. The van der Waals surface area contributed by atoms with Gasteiger partial charge in [0.25, 0.3) is 0 Å². The van der Waals surface area contributed by atoms with Crippen molar-refractivity contribution in [1.82, 2.24) is 0 Å². The Bertz CT molecular complexity index is 1070. The summed E-state index contributed by atoms with van der Waals surface area (Å²) in [4.78, 5) is 25.1. The van der Waals surface area contributed by atoms with Crippen molar-refractivity contribution >= 4 is 11.6 Å². The van der Waals surface area contributed by atoms with Gasteiger partial charge in [-0.1, -0.05) is 116 Å². The van der Waals surface area contributed by atoms with Gasteiger partial charge in [0.2, 0.25) is 0 Å². The van der Waals surface area contributed by atoms with Crippen LogP contribution in [0.1, 0.15) is 90.8 Å². The molecule has 3 rings (SSSR count). The van der Waals surface area contributed by atoms with E-state index in [1.54, 1.807) is 0 Å². The van der Waals surface area contributed by atoms with Crippen molar-refractivity contribution in [3.8, 4) is 0 Å². The molecule has 2 aliphatic rings. The number of carbonyl (C=O) groups excluding carboxylic acids is 2. The van der Waals surface area contributed by atoms with Crippen molar-refractivity contribution in [2.45, 2.75) is 79.6 Å². The second-order valence-corrected chi connectivity index (χ2v) is 12.6. The number of hydrogen-bond acceptors (Lipinski definition) is 4. The lowest BCUT2D eigenvalue weighted by Crippen LogP contribution is -2.29. The molecule has 2 atom stereocenters. The summed E-state index contributed by atoms with van der Waals surface area (Å²) in [5.41, 5.74) is 2.82. The van der Waals surface area contributed by atoms with Crippen LogP contribution in [0, 0.1) is 10.8 Å². The fraction of sp³-hybridized carbons (Fsp3) is 0.467. The first-order valence-corrected chi connectivity index (χ1v) is 11.9. The third kappa shape index (κ3) is 5.11. The average molecular weight is 461 g/mol. The van der Waals surface area contributed by atoms with Crippen molar-refractivity contribution in [1.29, 1.82) is 0 Å². The van der Waals surface area contributed by atoms with Crippen molar-refractivity contribution in [3.63, 3.8) is 0 Å². The Morgan fingerprint density at radius 1 is 0.559 bits per heavy atom. The first-order chi connectivity index (χ1) is 15.4. The molecule has 0 N–H and O–H groups in total. The number of ketones is 2. The van der Waals surface area contributed by atoms with Gasteiger partial charge in [-0.2, -0.15) is 0 Å². The molecular weight excluding hydrogens is 424 g/mol. The standard InChI is InChI=1S/C30H38O4/c1-28(2,3)21-11-17(19-13-22(29(4,5)6)26(33)24(31)15-19)10-18(12-21)20-14-23(30(7,8)9)27(34)25(32)16-20/h10-16,19-20,31-32H,1-9H3/p-2. The SMILES string of the molecule is CC(C)(C)C1=CC(c2cc(C3C=C([O-])C(=O)C(C(C)(C)C)=C3)cc(C(C)(C)C)c2)C=C([O-])C1=O. The van der Waals surface area contributed by atoms with E-state index in [2.05, 4.69) is 32.9 Å². The van der Waals surface area contributed by atoms with Gasteiger partial charge in [0.15, 0.2) is 11.6 Å². The molecule has 1 aromatic carbocycles. The van der Waals surface area contributed by atoms with Gasteiger partial charge in [-0.05, 0) is 32.9 Å². The molecule has 0 aliphatic heterocycles. The number of hydrogen-bond donors (Lipinski definition) is 0. The number of carbonyl (C=O) groups is 2. The van der Waals surface area contributed by atoms with Gasteiger partial charge in [0.05, 0.1) is 0 Å². The highest BCUT2D eigenvalue weighted by Gasteiger charge is 2.30. The maximum absolute atomic E-state index is 12.6. The van der Waals surface area contributed by atoms with Crippen LogP contribution >= 0.6 is 0 Å². The van der Waals surface area contributed by atoms with E-state index in [1.165, 1.54) is 12.2 Å². The minimum absolute atomic E-state index is 0.180. The first-order valence-electron chi connectivity index (χ1n) is 11.9. The Labute approximate surface area is 203 Å². The monoisotopic (exact) mass is 460 g/mol. The summed E-state index contributed by atoms with van der Waals surface area (Å²) >= 11 is 0. The van der Waals surface area contributed by atoms with Gasteiger partial charge in [0.1, 0.15) is 0 Å². The third-order valence-electron chi connectivity index (χ3n) is 6.52. The molecule has 2 unspecified atom stereocenters. The smallest absolute Gasteiger partial charge is 0.173 e. The number of rotatable bonds is 2. The van der Waals surface area contributed by atoms with Crippen LogP contribution < -0.4 is 10.2 Å². The predicted molar refractivity (Wildman–Crippen MR) is 132 cm³/mol. The van der Waals surface area contributed by atoms with Gasteiger partial charge >= 0.3 is 0 Å². The van der Waals surface area contributed by atoms with Crippen LogP contribution in [0.25, 0.3) is 0 Å². The molecule has 0 spiro atoms. The summed E-state index contributed by atoms with van der Waals surface area (Å²) < 4.78 is 0. The predicted octanol–water partition coefficient (Wildman–Crippen LogP) is 4.75. The minimum atomic E-state index is -0.486. The zero-order valence-corrected chi connectivity index (χ0v) is 21.8. The van der Waals surface area contributed by atoms with E-state index in [4.69, 9.17) is 0 Å². The van der Waals surface area contributed by atoms with E-state index in [0.717, 1.165) is 16.7 Å². The summed E-state index contributed by atoms with van der Waals surface area (Å²) in [6.45, 7) is 17.9. The Kier molecular flexibility index (Phi) is 6.36. The molecule has 34 heavy (non-hydrogen) atoms. The lowest BCUT2D eigenvalue weighted by atomic mass is 9.74. The molecule has 0 aromatic heterocycles. The van der Waals surface area contributed by atoms with Crippen LogP contribution in [0.3, 0.4) is 0 Å². The van der Waals surface area contributed by atoms with Crippen molar-refractivity contribution in [2.75, 3.05) is 0 Å². The molecule has 0 saturated heterocycles. The zero-order chi connectivity index (χ0) is 25.8. The fourth-order valence-electron chi connectivity index (χ4n) is 4.41. The van der Waals surface area contributed by atoms with Gasteiger partial charge in [0, 0.05) is 23.0 Å². The molecule has 0 fully saturated rings. The van der Waals surface area contributed by atoms with E-state index in [-0.39, 0.29) is 17.3 Å². The van der Waals surface area contributed by atoms with Gasteiger partial charge < -0.3 is 10.2 Å². The second-order valence-electron chi connectivity index (χ2n) is 12.6. The van der Waals surface area contributed by atoms with Crippen molar-refractivity contribution in [2.24, 2.45) is 10.8 Å². The van der Waals surface area contributed by atoms with Crippen LogP contribution in [0.5, 0.6) is 0 Å². The number of benzene rings is 1. The van der Waals surface area contributed by atoms with Gasteiger partial charge in [-0.15, -0.1) is 0 Å². The highest BCUT2D eigenvalue weighted by molar-refractivity contribution is 6.08. The lowest BCUT2D eigenvalue weighted by molar-refractivity contribution is -0.298. The van der Waals surface area contributed by atoms with Crippen molar-refractivity contribution in [3.05, 3.63) is 81.9 Å². The highest BCUT2D eigenvalue weighted by Crippen LogP contribution is 2.40. The highest BCUT2D eigenvalue weighted by atomic mass is 16.3. The molecule has 1 aromatic rings. The third-order valence-corrected chi connectivity index (χ3v) is 6.52. The maximum Gasteiger partial charge on any atom is 0.173 e. The van der Waals surface area contributed by atoms with Crippen LogP contribution in [0.15, 0.2) is 65.2 Å². The minimum Gasteiger partial charge on any atom is -0.870 e. The van der Waals surface area contributed by atoms with Crippen LogP contribution in [0.2, 0.25) is 0 Å². The second kappa shape index (κ2) is 8.41. The molecule has 0 saturated carbocycles. The van der Waals surface area contributed by atoms with Crippen molar-refractivity contribution < 1.29 is 19.8 Å². The normalized spacial score (nSPS) is 22.1. The van der Waals surface area contributed by atoms with Crippen LogP contribution in [0.4, 0.5) is 0 Å². The molecule has 0 heterocycles. The molecule has 4 heteroatoms. The molecule has 2 aliphatic carbocycles. The van der Waals surface area contributed by atoms with E-state index in [9.17, 15) is 19.8 Å². The summed E-state index contributed by atoms with van der Waals surface area (Å²) in [6.07, 6.45) is 6.76. The Hall–Kier alpha value is -2.88. The first kappa shape index (κ1) is 25.7. The molecule has 182 valence electrons. The van der Waals surface area contributed by atoms with Crippen LogP contribution in [-0.2, 0) is 15.0 Å². The fourth-order valence-corrected chi connectivity index (χ4v) is 4.41. The Morgan fingerprint density at radius 2 is 0.912 bits per heavy atom. The Balaban J connectivity index is 2.21. The molecule has 0 radical (unpaired) electrons. The quantitative estimate of drug-likeness (QED) is 0.638. The summed E-state index contributed by atoms with van der Waals surface area (Å²) in [7, 11) is 0. The molecule has 4 nitrogen and oxygen atoms in total.